The van der Waals surface area contributed by atoms with E-state index in [9.17, 15) is 8.42 Å². The summed E-state index contributed by atoms with van der Waals surface area (Å²) in [6.45, 7) is 6.48. The zero-order chi connectivity index (χ0) is 26.5. The fourth-order valence-electron chi connectivity index (χ4n) is 4.60. The normalized spacial score (nSPS) is 17.9. The number of nitrogens with zero attached hydrogens (tertiary/aromatic N) is 7. The Labute approximate surface area is 220 Å². The number of anilines is 3. The molecule has 13 heteroatoms. The SMILES string of the molecule is CNS(=O)(=O)[C@H]1CN(c2cnc(C(C)C)c3cc(Nc4ccnc(-c5cn(C)nc5Cl)n4)ncc23)[C@@H]1C. The lowest BCUT2D eigenvalue weighted by molar-refractivity contribution is 0.458. The molecule has 0 aliphatic carbocycles. The van der Waals surface area contributed by atoms with E-state index in [4.69, 9.17) is 16.6 Å². The fraction of sp³-hybridized carbons (Fsp3) is 0.375. The first-order valence-corrected chi connectivity index (χ1v) is 13.8. The molecule has 0 amide bonds. The van der Waals surface area contributed by atoms with Crippen LogP contribution in [0, 0.1) is 0 Å². The second-order valence-electron chi connectivity index (χ2n) is 9.38. The number of nitrogens with one attached hydrogen (secondary N) is 2. The van der Waals surface area contributed by atoms with E-state index in [0.29, 0.717) is 34.7 Å². The predicted molar refractivity (Wildman–Crippen MR) is 145 cm³/mol. The molecule has 0 saturated carbocycles. The molecule has 1 fully saturated rings. The van der Waals surface area contributed by atoms with Crippen molar-refractivity contribution in [3.63, 3.8) is 0 Å². The smallest absolute Gasteiger partial charge is 0.218 e. The van der Waals surface area contributed by atoms with Crippen molar-refractivity contribution in [2.75, 3.05) is 23.8 Å². The van der Waals surface area contributed by atoms with Gasteiger partial charge in [0.2, 0.25) is 10.0 Å². The van der Waals surface area contributed by atoms with Crippen LogP contribution in [0.1, 0.15) is 32.4 Å². The van der Waals surface area contributed by atoms with Crippen molar-refractivity contribution in [1.82, 2.24) is 34.4 Å². The highest BCUT2D eigenvalue weighted by Crippen LogP contribution is 2.38. The highest BCUT2D eigenvalue weighted by molar-refractivity contribution is 7.90. The summed E-state index contributed by atoms with van der Waals surface area (Å²) in [5.41, 5.74) is 2.43. The summed E-state index contributed by atoms with van der Waals surface area (Å²) in [4.78, 5) is 20.4. The summed E-state index contributed by atoms with van der Waals surface area (Å²) in [5.74, 6) is 1.79. The third-order valence-corrected chi connectivity index (χ3v) is 8.85. The van der Waals surface area contributed by atoms with Gasteiger partial charge >= 0.3 is 0 Å². The Morgan fingerprint density at radius 1 is 1.14 bits per heavy atom. The maximum Gasteiger partial charge on any atom is 0.218 e. The van der Waals surface area contributed by atoms with E-state index in [-0.39, 0.29) is 12.0 Å². The first-order chi connectivity index (χ1) is 17.6. The Hall–Kier alpha value is -3.35. The summed E-state index contributed by atoms with van der Waals surface area (Å²) in [6.07, 6.45) is 7.03. The molecule has 0 bridgehead atoms. The van der Waals surface area contributed by atoms with Gasteiger partial charge in [-0.1, -0.05) is 25.4 Å². The first-order valence-electron chi connectivity index (χ1n) is 11.9. The Kier molecular flexibility index (Phi) is 6.50. The minimum absolute atomic E-state index is 0.177. The van der Waals surface area contributed by atoms with Crippen LogP contribution in [0.3, 0.4) is 0 Å². The van der Waals surface area contributed by atoms with Gasteiger partial charge in [0.05, 0.1) is 23.1 Å². The molecule has 2 N–H and O–H groups in total. The quantitative estimate of drug-likeness (QED) is 0.361. The van der Waals surface area contributed by atoms with Crippen LogP contribution in [0.4, 0.5) is 17.3 Å². The molecule has 4 aromatic rings. The van der Waals surface area contributed by atoms with E-state index in [1.807, 2.05) is 19.2 Å². The largest absolute Gasteiger partial charge is 0.364 e. The van der Waals surface area contributed by atoms with Crippen LogP contribution >= 0.6 is 11.6 Å². The maximum atomic E-state index is 12.3. The number of rotatable bonds is 7. The van der Waals surface area contributed by atoms with E-state index in [1.54, 1.807) is 36.4 Å². The molecular formula is C24H28ClN9O2S. The Bertz CT molecular complexity index is 1590. The molecule has 5 heterocycles. The lowest BCUT2D eigenvalue weighted by atomic mass is 9.98. The molecule has 0 unspecified atom stereocenters. The van der Waals surface area contributed by atoms with Gasteiger partial charge in [-0.05, 0) is 32.0 Å². The zero-order valence-corrected chi connectivity index (χ0v) is 22.7. The van der Waals surface area contributed by atoms with Crippen molar-refractivity contribution in [2.24, 2.45) is 7.05 Å². The highest BCUT2D eigenvalue weighted by Gasteiger charge is 2.44. The second-order valence-corrected chi connectivity index (χ2v) is 11.8. The molecule has 0 spiro atoms. The summed E-state index contributed by atoms with van der Waals surface area (Å²) >= 11 is 6.22. The molecule has 11 nitrogen and oxygen atoms in total. The van der Waals surface area contributed by atoms with Crippen LogP contribution in [0.25, 0.3) is 22.2 Å². The maximum absolute atomic E-state index is 12.3. The van der Waals surface area contributed by atoms with Crippen LogP contribution in [0.15, 0.2) is 36.9 Å². The summed E-state index contributed by atoms with van der Waals surface area (Å²) < 4.78 is 28.7. The van der Waals surface area contributed by atoms with Gasteiger partial charge in [-0.25, -0.2) is 28.1 Å². The summed E-state index contributed by atoms with van der Waals surface area (Å²) in [6, 6.07) is 3.51. The monoisotopic (exact) mass is 541 g/mol. The second kappa shape index (κ2) is 9.51. The van der Waals surface area contributed by atoms with Gasteiger partial charge in [-0.3, -0.25) is 9.67 Å². The van der Waals surface area contributed by atoms with E-state index in [0.717, 1.165) is 22.2 Å². The van der Waals surface area contributed by atoms with Gasteiger partial charge in [0, 0.05) is 49.0 Å². The van der Waals surface area contributed by atoms with Crippen molar-refractivity contribution in [3.8, 4) is 11.4 Å². The average molecular weight is 542 g/mol. The zero-order valence-electron chi connectivity index (χ0n) is 21.1. The van der Waals surface area contributed by atoms with Gasteiger partial charge in [0.1, 0.15) is 16.9 Å². The Morgan fingerprint density at radius 3 is 2.57 bits per heavy atom. The number of sulfonamides is 1. The van der Waals surface area contributed by atoms with Gasteiger partial charge < -0.3 is 10.2 Å². The van der Waals surface area contributed by atoms with Crippen LogP contribution in [0.2, 0.25) is 5.15 Å². The number of hydrogen-bond acceptors (Lipinski definition) is 9. The van der Waals surface area contributed by atoms with Gasteiger partial charge in [-0.2, -0.15) is 5.10 Å². The molecule has 1 saturated heterocycles. The number of pyridine rings is 2. The molecule has 4 aromatic heterocycles. The lowest BCUT2D eigenvalue weighted by Crippen LogP contribution is -2.63. The number of hydrogen-bond donors (Lipinski definition) is 2. The number of fused-ring (bicyclic) bond motifs is 1. The van der Waals surface area contributed by atoms with Crippen LogP contribution in [0.5, 0.6) is 0 Å². The van der Waals surface area contributed by atoms with Crippen LogP contribution < -0.4 is 14.9 Å². The number of aromatic nitrogens is 6. The third kappa shape index (κ3) is 4.60. The Balaban J connectivity index is 1.49. The molecule has 0 aromatic carbocycles. The molecule has 5 rings (SSSR count). The molecule has 1 aliphatic heterocycles. The third-order valence-electron chi connectivity index (χ3n) is 6.66. The summed E-state index contributed by atoms with van der Waals surface area (Å²) in [7, 11) is -0.125. The average Bonchev–Trinajstić information content (AvgIpc) is 3.20. The minimum Gasteiger partial charge on any atom is -0.364 e. The lowest BCUT2D eigenvalue weighted by Gasteiger charge is -2.47. The van der Waals surface area contributed by atoms with E-state index in [1.165, 1.54) is 7.05 Å². The van der Waals surface area contributed by atoms with Crippen molar-refractivity contribution < 1.29 is 8.42 Å². The van der Waals surface area contributed by atoms with Gasteiger partial charge in [0.25, 0.3) is 0 Å². The minimum atomic E-state index is -3.36. The van der Waals surface area contributed by atoms with Crippen molar-refractivity contribution >= 4 is 49.7 Å². The van der Waals surface area contributed by atoms with Gasteiger partial charge in [0.15, 0.2) is 11.0 Å². The Morgan fingerprint density at radius 2 is 1.92 bits per heavy atom. The summed E-state index contributed by atoms with van der Waals surface area (Å²) in [5, 5.41) is 9.11. The number of halogens is 1. The van der Waals surface area contributed by atoms with Crippen molar-refractivity contribution in [3.05, 3.63) is 47.8 Å². The molecule has 1 aliphatic rings. The van der Waals surface area contributed by atoms with E-state index >= 15 is 0 Å². The molecule has 37 heavy (non-hydrogen) atoms. The molecular weight excluding hydrogens is 514 g/mol. The van der Waals surface area contributed by atoms with Crippen LogP contribution in [-0.2, 0) is 17.1 Å². The van der Waals surface area contributed by atoms with Crippen LogP contribution in [-0.4, -0.2) is 63.0 Å². The van der Waals surface area contributed by atoms with Crippen molar-refractivity contribution in [2.45, 2.75) is 38.0 Å². The molecule has 0 radical (unpaired) electrons. The van der Waals surface area contributed by atoms with E-state index in [2.05, 4.69) is 48.8 Å². The number of aryl methyl sites for hydroxylation is 1. The highest BCUT2D eigenvalue weighted by atomic mass is 35.5. The molecule has 194 valence electrons. The van der Waals surface area contributed by atoms with E-state index < -0.39 is 15.3 Å². The standard InChI is InChI=1S/C24H28ClN9O2S/c1-13(2)22-15-8-21(30-20-6-7-27-24(31-20)17-11-33(5)32-23(17)25)28-9-16(15)18(10-29-22)34-12-19(14(34)3)37(35,36)26-4/h6-11,13-14,19,26H,12H2,1-5H3,(H,27,28,30,31)/t14-,19+/m1/s1. The fourth-order valence-corrected chi connectivity index (χ4v) is 6.18. The predicted octanol–water partition coefficient (Wildman–Crippen LogP) is 3.47. The topological polar surface area (TPSA) is 131 Å². The van der Waals surface area contributed by atoms with Gasteiger partial charge in [-0.15, -0.1) is 0 Å². The first kappa shape index (κ1) is 25.3. The van der Waals surface area contributed by atoms with Crippen molar-refractivity contribution in [1.29, 1.82) is 0 Å². The molecule has 2 atom stereocenters.